The predicted octanol–water partition coefficient (Wildman–Crippen LogP) is 0.0907. The standard InChI is InChI=1S/C9H17NO4/c1-4-13-7(3)6-10-8(11)9(12)14-5-2/h7H,4-6H2,1-3H3,(H,10,11). The summed E-state index contributed by atoms with van der Waals surface area (Å²) in [6.07, 6.45) is -0.0987. The maximum absolute atomic E-state index is 11.0. The first-order valence-corrected chi connectivity index (χ1v) is 4.68. The van der Waals surface area contributed by atoms with Crippen LogP contribution >= 0.6 is 0 Å². The van der Waals surface area contributed by atoms with Gasteiger partial charge >= 0.3 is 11.9 Å². The molecule has 5 heteroatoms. The molecule has 0 aliphatic heterocycles. The van der Waals surface area contributed by atoms with Gasteiger partial charge < -0.3 is 14.8 Å². The average molecular weight is 203 g/mol. The van der Waals surface area contributed by atoms with Crippen LogP contribution in [0.3, 0.4) is 0 Å². The van der Waals surface area contributed by atoms with Crippen LogP contribution < -0.4 is 5.32 Å². The molecule has 1 unspecified atom stereocenters. The number of esters is 1. The Morgan fingerprint density at radius 3 is 2.43 bits per heavy atom. The molecular weight excluding hydrogens is 186 g/mol. The Morgan fingerprint density at radius 1 is 1.29 bits per heavy atom. The van der Waals surface area contributed by atoms with E-state index < -0.39 is 11.9 Å². The molecule has 0 aromatic heterocycles. The summed E-state index contributed by atoms with van der Waals surface area (Å²) in [5.41, 5.74) is 0. The molecule has 0 aromatic rings. The van der Waals surface area contributed by atoms with Crippen molar-refractivity contribution in [1.82, 2.24) is 5.32 Å². The molecule has 0 bridgehead atoms. The van der Waals surface area contributed by atoms with E-state index in [-0.39, 0.29) is 12.7 Å². The molecule has 0 rings (SSSR count). The summed E-state index contributed by atoms with van der Waals surface area (Å²) in [6, 6.07) is 0. The van der Waals surface area contributed by atoms with E-state index in [4.69, 9.17) is 4.74 Å². The van der Waals surface area contributed by atoms with E-state index in [0.29, 0.717) is 13.2 Å². The fourth-order valence-electron chi connectivity index (χ4n) is 0.849. The fourth-order valence-corrected chi connectivity index (χ4v) is 0.849. The lowest BCUT2D eigenvalue weighted by Gasteiger charge is -2.11. The summed E-state index contributed by atoms with van der Waals surface area (Å²) >= 11 is 0. The van der Waals surface area contributed by atoms with Crippen LogP contribution in [-0.4, -0.2) is 37.7 Å². The van der Waals surface area contributed by atoms with Gasteiger partial charge in [-0.05, 0) is 20.8 Å². The molecular formula is C9H17NO4. The third kappa shape index (κ3) is 5.53. The van der Waals surface area contributed by atoms with E-state index >= 15 is 0 Å². The van der Waals surface area contributed by atoms with E-state index in [9.17, 15) is 9.59 Å². The molecule has 0 aromatic carbocycles. The average Bonchev–Trinajstić information content (AvgIpc) is 2.15. The van der Waals surface area contributed by atoms with Gasteiger partial charge in [0.1, 0.15) is 0 Å². The van der Waals surface area contributed by atoms with Crippen molar-refractivity contribution in [2.75, 3.05) is 19.8 Å². The van der Waals surface area contributed by atoms with Crippen LogP contribution in [0.2, 0.25) is 0 Å². The monoisotopic (exact) mass is 203 g/mol. The van der Waals surface area contributed by atoms with Crippen molar-refractivity contribution < 1.29 is 19.1 Å². The number of carbonyl (C=O) groups excluding carboxylic acids is 2. The highest BCUT2D eigenvalue weighted by molar-refractivity contribution is 6.32. The van der Waals surface area contributed by atoms with Crippen molar-refractivity contribution in [3.05, 3.63) is 0 Å². The molecule has 0 heterocycles. The van der Waals surface area contributed by atoms with E-state index in [1.807, 2.05) is 13.8 Å². The zero-order valence-corrected chi connectivity index (χ0v) is 8.83. The Bertz CT molecular complexity index is 193. The van der Waals surface area contributed by atoms with Gasteiger partial charge in [0.15, 0.2) is 0 Å². The van der Waals surface area contributed by atoms with E-state index in [1.165, 1.54) is 0 Å². The molecule has 0 radical (unpaired) electrons. The van der Waals surface area contributed by atoms with Crippen LogP contribution in [0.15, 0.2) is 0 Å². The van der Waals surface area contributed by atoms with Gasteiger partial charge in [0.2, 0.25) is 0 Å². The molecule has 0 aliphatic carbocycles. The van der Waals surface area contributed by atoms with Crippen molar-refractivity contribution in [1.29, 1.82) is 0 Å². The molecule has 1 atom stereocenters. The minimum absolute atomic E-state index is 0.0987. The highest BCUT2D eigenvalue weighted by atomic mass is 16.5. The molecule has 0 spiro atoms. The first-order chi connectivity index (χ1) is 6.61. The second-order valence-corrected chi connectivity index (χ2v) is 2.70. The second kappa shape index (κ2) is 7.32. The topological polar surface area (TPSA) is 64.6 Å². The Labute approximate surface area is 83.8 Å². The minimum atomic E-state index is -0.851. The van der Waals surface area contributed by atoms with Gasteiger partial charge in [0, 0.05) is 13.2 Å². The lowest BCUT2D eigenvalue weighted by molar-refractivity contribution is -0.154. The van der Waals surface area contributed by atoms with Crippen LogP contribution in [0.5, 0.6) is 0 Å². The lowest BCUT2D eigenvalue weighted by atomic mass is 10.4. The highest BCUT2D eigenvalue weighted by Crippen LogP contribution is 1.87. The first-order valence-electron chi connectivity index (χ1n) is 4.68. The van der Waals surface area contributed by atoms with Gasteiger partial charge in [0.25, 0.3) is 0 Å². The normalized spacial score (nSPS) is 11.9. The van der Waals surface area contributed by atoms with E-state index in [2.05, 4.69) is 10.1 Å². The third-order valence-electron chi connectivity index (χ3n) is 1.46. The fraction of sp³-hybridized carbons (Fsp3) is 0.778. The maximum Gasteiger partial charge on any atom is 0.396 e. The highest BCUT2D eigenvalue weighted by Gasteiger charge is 2.14. The first kappa shape index (κ1) is 12.9. The molecule has 82 valence electrons. The number of hydrogen-bond acceptors (Lipinski definition) is 4. The Hall–Kier alpha value is -1.10. The molecule has 1 N–H and O–H groups in total. The summed E-state index contributed by atoms with van der Waals surface area (Å²) in [5.74, 6) is -1.57. The number of nitrogens with one attached hydrogen (secondary N) is 1. The SMILES string of the molecule is CCOC(=O)C(=O)NCC(C)OCC. The van der Waals surface area contributed by atoms with Crippen molar-refractivity contribution in [2.24, 2.45) is 0 Å². The number of ether oxygens (including phenoxy) is 2. The van der Waals surface area contributed by atoms with Crippen LogP contribution in [0.25, 0.3) is 0 Å². The molecule has 14 heavy (non-hydrogen) atoms. The largest absolute Gasteiger partial charge is 0.459 e. The van der Waals surface area contributed by atoms with Crippen LogP contribution in [0, 0.1) is 0 Å². The van der Waals surface area contributed by atoms with Gasteiger partial charge in [-0.3, -0.25) is 4.79 Å². The van der Waals surface area contributed by atoms with Gasteiger partial charge in [0.05, 0.1) is 12.7 Å². The van der Waals surface area contributed by atoms with E-state index in [0.717, 1.165) is 0 Å². The lowest BCUT2D eigenvalue weighted by Crippen LogP contribution is -2.37. The molecule has 0 saturated carbocycles. The van der Waals surface area contributed by atoms with Gasteiger partial charge in [-0.2, -0.15) is 0 Å². The second-order valence-electron chi connectivity index (χ2n) is 2.70. The molecule has 0 saturated heterocycles. The minimum Gasteiger partial charge on any atom is -0.459 e. The Morgan fingerprint density at radius 2 is 1.93 bits per heavy atom. The van der Waals surface area contributed by atoms with Crippen LogP contribution in [0.1, 0.15) is 20.8 Å². The molecule has 0 fully saturated rings. The smallest absolute Gasteiger partial charge is 0.396 e. The van der Waals surface area contributed by atoms with Gasteiger partial charge in [-0.15, -0.1) is 0 Å². The van der Waals surface area contributed by atoms with Crippen molar-refractivity contribution in [3.8, 4) is 0 Å². The zero-order valence-electron chi connectivity index (χ0n) is 8.83. The molecule has 5 nitrogen and oxygen atoms in total. The van der Waals surface area contributed by atoms with Gasteiger partial charge in [-0.25, -0.2) is 4.79 Å². The summed E-state index contributed by atoms with van der Waals surface area (Å²) in [5, 5.41) is 2.41. The Kier molecular flexibility index (Phi) is 6.74. The number of rotatable bonds is 5. The number of amides is 1. The van der Waals surface area contributed by atoms with Crippen LogP contribution in [0.4, 0.5) is 0 Å². The summed E-state index contributed by atoms with van der Waals surface area (Å²) in [7, 11) is 0. The summed E-state index contributed by atoms with van der Waals surface area (Å²) in [4.78, 5) is 21.8. The maximum atomic E-state index is 11.0. The van der Waals surface area contributed by atoms with E-state index in [1.54, 1.807) is 6.92 Å². The number of carbonyl (C=O) groups is 2. The quantitative estimate of drug-likeness (QED) is 0.508. The predicted molar refractivity (Wildman–Crippen MR) is 50.7 cm³/mol. The van der Waals surface area contributed by atoms with Crippen molar-refractivity contribution in [2.45, 2.75) is 26.9 Å². The van der Waals surface area contributed by atoms with Crippen molar-refractivity contribution in [3.63, 3.8) is 0 Å². The third-order valence-corrected chi connectivity index (χ3v) is 1.46. The summed E-state index contributed by atoms with van der Waals surface area (Å²) in [6.45, 7) is 6.42. The van der Waals surface area contributed by atoms with Gasteiger partial charge in [-0.1, -0.05) is 0 Å². The Balaban J connectivity index is 3.67. The summed E-state index contributed by atoms with van der Waals surface area (Å²) < 4.78 is 9.67. The zero-order chi connectivity index (χ0) is 11.0. The molecule has 0 aliphatic rings. The molecule has 1 amide bonds. The van der Waals surface area contributed by atoms with Crippen LogP contribution in [-0.2, 0) is 19.1 Å². The van der Waals surface area contributed by atoms with Crippen molar-refractivity contribution >= 4 is 11.9 Å². The number of hydrogen-bond donors (Lipinski definition) is 1.